The van der Waals surface area contributed by atoms with Crippen LogP contribution in [0.2, 0.25) is 0 Å². The first kappa shape index (κ1) is 36.9. The molecule has 0 bridgehead atoms. The third-order valence-corrected chi connectivity index (χ3v) is 8.51. The summed E-state index contributed by atoms with van der Waals surface area (Å²) in [6.45, 7) is 6.83. The molecule has 0 N–H and O–H groups in total. The average Bonchev–Trinajstić information content (AvgIpc) is 3.60. The van der Waals surface area contributed by atoms with Gasteiger partial charge in [-0.1, -0.05) is 63.8 Å². The first-order chi connectivity index (χ1) is 20.8. The molecule has 0 radical (unpaired) electrons. The summed E-state index contributed by atoms with van der Waals surface area (Å²) in [7, 11) is -4.88. The van der Waals surface area contributed by atoms with Gasteiger partial charge in [-0.25, -0.2) is 35.1 Å². The maximum absolute atomic E-state index is 10.8. The van der Waals surface area contributed by atoms with E-state index in [1.165, 1.54) is 88.7 Å². The van der Waals surface area contributed by atoms with Crippen molar-refractivity contribution in [1.29, 1.82) is 0 Å². The number of imidazole rings is 2. The Labute approximate surface area is 263 Å². The number of hydrogen-bond acceptors (Lipinski definition) is 6. The Kier molecular flexibility index (Phi) is 15.5. The Hall–Kier alpha value is -3.32. The van der Waals surface area contributed by atoms with E-state index in [2.05, 4.69) is 83.7 Å². The fraction of sp³-hybridized carbons (Fsp3) is 0.438. The minimum atomic E-state index is -4.50. The van der Waals surface area contributed by atoms with E-state index in [1.807, 2.05) is 0 Å². The van der Waals surface area contributed by atoms with E-state index < -0.39 is 20.2 Å². The van der Waals surface area contributed by atoms with Crippen molar-refractivity contribution >= 4 is 20.2 Å². The summed E-state index contributed by atoms with van der Waals surface area (Å²) in [6, 6.07) is 10.3. The Balaban J connectivity index is 0.000000244. The summed E-state index contributed by atoms with van der Waals surface area (Å²) >= 11 is 0. The van der Waals surface area contributed by atoms with Gasteiger partial charge in [-0.05, 0) is 61.1 Å². The van der Waals surface area contributed by atoms with Crippen LogP contribution in [0.5, 0.6) is 0 Å². The van der Waals surface area contributed by atoms with E-state index in [9.17, 15) is 25.9 Å². The number of benzene rings is 2. The largest absolute Gasteiger partial charge is 0.744 e. The maximum Gasteiger partial charge on any atom is 0.243 e. The molecular weight excluding hydrogens is 601 g/mol. The normalized spacial score (nSPS) is 11.3. The lowest BCUT2D eigenvalue weighted by molar-refractivity contribution is -0.671. The predicted octanol–water partition coefficient (Wildman–Crippen LogP) is 4.95. The first-order valence-corrected chi connectivity index (χ1v) is 17.8. The van der Waals surface area contributed by atoms with Gasteiger partial charge < -0.3 is 9.11 Å². The fourth-order valence-corrected chi connectivity index (χ4v) is 5.28. The topological polar surface area (TPSA) is 132 Å². The second-order valence-corrected chi connectivity index (χ2v) is 13.5. The van der Waals surface area contributed by atoms with Gasteiger partial charge in [0.1, 0.15) is 45.0 Å². The lowest BCUT2D eigenvalue weighted by atomic mass is 10.1. The highest BCUT2D eigenvalue weighted by atomic mass is 32.2. The van der Waals surface area contributed by atoms with Crippen LogP contribution >= 0.6 is 0 Å². The number of aromatic nitrogens is 4. The highest BCUT2D eigenvalue weighted by Gasteiger charge is 2.05. The van der Waals surface area contributed by atoms with Crippen molar-refractivity contribution in [3.63, 3.8) is 0 Å². The molecule has 0 saturated heterocycles. The summed E-state index contributed by atoms with van der Waals surface area (Å²) < 4.78 is 73.3. The number of rotatable bonds is 13. The molecule has 0 aliphatic heterocycles. The molecule has 0 saturated carbocycles. The summed E-state index contributed by atoms with van der Waals surface area (Å²) in [5.41, 5.74) is 1.18. The smallest absolute Gasteiger partial charge is 0.243 e. The monoisotopic (exact) mass is 646 g/mol. The van der Waals surface area contributed by atoms with Gasteiger partial charge >= 0.3 is 0 Å². The highest BCUT2D eigenvalue weighted by molar-refractivity contribution is 7.86. The lowest BCUT2D eigenvalue weighted by Crippen LogP contribution is -2.23. The highest BCUT2D eigenvalue weighted by Crippen LogP contribution is 2.23. The molecular formula is C32H46N4O6S2. The van der Waals surface area contributed by atoms with E-state index in [0.717, 1.165) is 24.3 Å². The van der Waals surface area contributed by atoms with Gasteiger partial charge in [-0.15, -0.1) is 0 Å². The van der Waals surface area contributed by atoms with Gasteiger partial charge in [-0.3, -0.25) is 0 Å². The predicted molar refractivity (Wildman–Crippen MR) is 167 cm³/mol. The molecule has 4 aromatic rings. The molecule has 0 fully saturated rings. The zero-order valence-electron chi connectivity index (χ0n) is 26.2. The fourth-order valence-electron chi connectivity index (χ4n) is 4.34. The molecule has 0 amide bonds. The molecule has 44 heavy (non-hydrogen) atoms. The summed E-state index contributed by atoms with van der Waals surface area (Å²) in [6.07, 6.45) is 23.4. The van der Waals surface area contributed by atoms with Gasteiger partial charge in [0.25, 0.3) is 0 Å². The Morgan fingerprint density at radius 1 is 0.568 bits per heavy atom. The standard InChI is InChI=1S/C12H10O6S2.2C10H19N2/c13-19(14,15)11-5-1-9(2-6-11)10-3-7-12(8-4-10)20(16,17)18;2*1-3-4-5-6-7-12-9-8-11(2)10-12/h1-8H,(H,13,14,15)(H,16,17,18);2*8-10H,3-7H2,1-2H3/q;2*+1/p-2. The minimum absolute atomic E-state index is 0.347. The van der Waals surface area contributed by atoms with Crippen LogP contribution in [0.25, 0.3) is 11.1 Å². The van der Waals surface area contributed by atoms with Crippen LogP contribution in [-0.2, 0) is 47.4 Å². The quantitative estimate of drug-likeness (QED) is 0.115. The van der Waals surface area contributed by atoms with Gasteiger partial charge in [0.15, 0.2) is 0 Å². The maximum atomic E-state index is 10.8. The van der Waals surface area contributed by atoms with Crippen LogP contribution in [0.4, 0.5) is 0 Å². The average molecular weight is 647 g/mol. The third kappa shape index (κ3) is 14.0. The van der Waals surface area contributed by atoms with Gasteiger partial charge in [0.05, 0.1) is 37.0 Å². The van der Waals surface area contributed by atoms with Crippen molar-refractivity contribution in [2.24, 2.45) is 14.1 Å². The zero-order valence-corrected chi connectivity index (χ0v) is 27.8. The summed E-state index contributed by atoms with van der Waals surface area (Å²) in [4.78, 5) is -0.694. The van der Waals surface area contributed by atoms with Gasteiger partial charge in [0.2, 0.25) is 12.7 Å². The van der Waals surface area contributed by atoms with Crippen LogP contribution < -0.4 is 9.13 Å². The summed E-state index contributed by atoms with van der Waals surface area (Å²) in [5.74, 6) is 0. The van der Waals surface area contributed by atoms with E-state index >= 15 is 0 Å². The van der Waals surface area contributed by atoms with Crippen LogP contribution in [0.1, 0.15) is 65.2 Å². The molecule has 10 nitrogen and oxygen atoms in total. The molecule has 242 valence electrons. The van der Waals surface area contributed by atoms with E-state index in [0.29, 0.717) is 11.1 Å². The molecule has 4 rings (SSSR count). The zero-order chi connectivity index (χ0) is 32.6. The van der Waals surface area contributed by atoms with Crippen molar-refractivity contribution in [3.8, 4) is 11.1 Å². The minimum Gasteiger partial charge on any atom is -0.744 e. The summed E-state index contributed by atoms with van der Waals surface area (Å²) in [5, 5.41) is 0. The van der Waals surface area contributed by atoms with Crippen LogP contribution in [-0.4, -0.2) is 35.1 Å². The van der Waals surface area contributed by atoms with Crippen LogP contribution in [0.15, 0.2) is 95.8 Å². The number of nitrogens with zero attached hydrogens (tertiary/aromatic N) is 4. The van der Waals surface area contributed by atoms with Gasteiger partial charge in [-0.2, -0.15) is 0 Å². The SMILES string of the molecule is CCCCCCn1cc[n+](C)c1.CCCCCCn1cc[n+](C)c1.O=S(=O)([O-])c1ccc(-c2ccc(S(=O)(=O)[O-])cc2)cc1. The molecule has 2 aromatic heterocycles. The molecule has 0 aliphatic rings. The number of hydrogen-bond donors (Lipinski definition) is 0. The van der Waals surface area contributed by atoms with Crippen molar-refractivity contribution in [1.82, 2.24) is 9.13 Å². The molecule has 0 unspecified atom stereocenters. The van der Waals surface area contributed by atoms with Gasteiger partial charge in [0, 0.05) is 0 Å². The molecule has 0 aliphatic carbocycles. The van der Waals surface area contributed by atoms with Crippen molar-refractivity contribution in [3.05, 3.63) is 86.0 Å². The third-order valence-electron chi connectivity index (χ3n) is 6.81. The first-order valence-electron chi connectivity index (χ1n) is 15.0. The van der Waals surface area contributed by atoms with Crippen LogP contribution in [0.3, 0.4) is 0 Å². The number of unbranched alkanes of at least 4 members (excludes halogenated alkanes) is 6. The molecule has 2 heterocycles. The van der Waals surface area contributed by atoms with E-state index in [4.69, 9.17) is 0 Å². The Bertz CT molecular complexity index is 1470. The molecule has 0 spiro atoms. The van der Waals surface area contributed by atoms with E-state index in [1.54, 1.807) is 0 Å². The van der Waals surface area contributed by atoms with Crippen molar-refractivity contribution in [2.75, 3.05) is 0 Å². The van der Waals surface area contributed by atoms with Crippen molar-refractivity contribution in [2.45, 2.75) is 88.1 Å². The second-order valence-electron chi connectivity index (χ2n) is 10.7. The molecule has 2 aromatic carbocycles. The molecule has 12 heteroatoms. The second kappa shape index (κ2) is 18.5. The Morgan fingerprint density at radius 2 is 0.909 bits per heavy atom. The molecule has 0 atom stereocenters. The number of aryl methyl sites for hydroxylation is 4. The van der Waals surface area contributed by atoms with E-state index in [-0.39, 0.29) is 9.79 Å². The van der Waals surface area contributed by atoms with Crippen LogP contribution in [0, 0.1) is 0 Å². The van der Waals surface area contributed by atoms with Crippen molar-refractivity contribution < 1.29 is 35.1 Å². The Morgan fingerprint density at radius 3 is 1.16 bits per heavy atom. The lowest BCUT2D eigenvalue weighted by Gasteiger charge is -2.09.